The monoisotopic (exact) mass is 351 g/mol. The van der Waals surface area contributed by atoms with Gasteiger partial charge in [-0.1, -0.05) is 48.5 Å². The van der Waals surface area contributed by atoms with Crippen molar-refractivity contribution in [3.8, 4) is 0 Å². The van der Waals surface area contributed by atoms with E-state index in [1.807, 2.05) is 55.5 Å². The zero-order valence-electron chi connectivity index (χ0n) is 14.9. The quantitative estimate of drug-likeness (QED) is 0.686. The van der Waals surface area contributed by atoms with E-state index in [-0.39, 0.29) is 5.97 Å². The maximum Gasteiger partial charge on any atom is 0.339 e. The van der Waals surface area contributed by atoms with Gasteiger partial charge in [0, 0.05) is 12.7 Å². The molecule has 5 nitrogen and oxygen atoms in total. The van der Waals surface area contributed by atoms with E-state index in [1.54, 1.807) is 19.2 Å². The number of fused-ring (bicyclic) bond motifs is 1. The van der Waals surface area contributed by atoms with Gasteiger partial charge in [-0.05, 0) is 35.4 Å². The molecular weight excluding hydrogens is 330 g/mol. The third-order valence-corrected chi connectivity index (χ3v) is 3.95. The number of methoxy groups -OCH3 is 1. The molecule has 0 aromatic heterocycles. The topological polar surface area (TPSA) is 75.6 Å². The van der Waals surface area contributed by atoms with Crippen LogP contribution in [0.15, 0.2) is 60.7 Å². The first kappa shape index (κ1) is 19.0. The summed E-state index contributed by atoms with van der Waals surface area (Å²) < 4.78 is 4.60. The van der Waals surface area contributed by atoms with Crippen LogP contribution in [0.25, 0.3) is 10.8 Å². The Hall–Kier alpha value is -3.34. The molecule has 3 aromatic carbocycles. The van der Waals surface area contributed by atoms with Crippen molar-refractivity contribution in [3.05, 3.63) is 77.4 Å². The summed E-state index contributed by atoms with van der Waals surface area (Å²) in [4.78, 5) is 22.2. The van der Waals surface area contributed by atoms with Gasteiger partial charge in [0.15, 0.2) is 0 Å². The Morgan fingerprint density at radius 1 is 0.962 bits per heavy atom. The summed E-state index contributed by atoms with van der Waals surface area (Å²) in [5.74, 6) is -1.18. The number of esters is 1. The van der Waals surface area contributed by atoms with Crippen molar-refractivity contribution in [3.63, 3.8) is 0 Å². The van der Waals surface area contributed by atoms with Crippen molar-refractivity contribution in [2.24, 2.45) is 0 Å². The summed E-state index contributed by atoms with van der Waals surface area (Å²) in [5.41, 5.74) is 2.55. The first-order valence-electron chi connectivity index (χ1n) is 8.06. The first-order chi connectivity index (χ1) is 12.5. The summed E-state index contributed by atoms with van der Waals surface area (Å²) in [6, 6.07) is 18.5. The summed E-state index contributed by atoms with van der Waals surface area (Å²) in [6.45, 7) is 1.82. The second-order valence-corrected chi connectivity index (χ2v) is 5.57. The summed E-state index contributed by atoms with van der Waals surface area (Å²) in [6.07, 6.45) is 0. The minimum Gasteiger partial charge on any atom is -0.478 e. The van der Waals surface area contributed by atoms with Gasteiger partial charge in [0.1, 0.15) is 0 Å². The Bertz CT molecular complexity index is 934. The Balaban J connectivity index is 0.000000190. The van der Waals surface area contributed by atoms with Crippen LogP contribution < -0.4 is 5.32 Å². The lowest BCUT2D eigenvalue weighted by Crippen LogP contribution is -2.04. The van der Waals surface area contributed by atoms with E-state index in [4.69, 9.17) is 5.11 Å². The van der Waals surface area contributed by atoms with Gasteiger partial charge >= 0.3 is 11.9 Å². The molecule has 0 saturated carbocycles. The zero-order valence-corrected chi connectivity index (χ0v) is 14.9. The number of rotatable bonds is 3. The van der Waals surface area contributed by atoms with Crippen LogP contribution >= 0.6 is 0 Å². The molecule has 3 aromatic rings. The number of carbonyl (C=O) groups excluding carboxylic acids is 1. The highest BCUT2D eigenvalue weighted by Gasteiger charge is 2.10. The van der Waals surface area contributed by atoms with E-state index in [0.717, 1.165) is 22.0 Å². The molecule has 0 aliphatic carbocycles. The first-order valence-corrected chi connectivity index (χ1v) is 8.06. The molecule has 0 aliphatic heterocycles. The fraction of sp³-hybridized carbons (Fsp3) is 0.143. The van der Waals surface area contributed by atoms with Crippen molar-refractivity contribution < 1.29 is 19.4 Å². The Morgan fingerprint density at radius 3 is 2.27 bits per heavy atom. The number of anilines is 1. The number of nitrogens with one attached hydrogen (secondary N) is 1. The van der Waals surface area contributed by atoms with E-state index >= 15 is 0 Å². The van der Waals surface area contributed by atoms with Crippen LogP contribution in [0.4, 0.5) is 5.69 Å². The largest absolute Gasteiger partial charge is 0.478 e. The number of benzene rings is 3. The maximum atomic E-state index is 11.1. The Morgan fingerprint density at radius 2 is 1.62 bits per heavy atom. The lowest BCUT2D eigenvalue weighted by molar-refractivity contribution is 0.0601. The number of hydrogen-bond donors (Lipinski definition) is 2. The molecular formula is C21H21NO4. The summed E-state index contributed by atoms with van der Waals surface area (Å²) in [5, 5.41) is 13.7. The standard InChI is InChI=1S/C12H10O2.C9H11NO2/c1-8-6-7-9-4-2-3-5-10(9)11(8)12(13)14;1-10-8-6-4-3-5-7(8)9(11)12-2/h2-7H,1H3,(H,13,14);3-6,10H,1-2H3. The number of ether oxygens (including phenoxy) is 1. The minimum atomic E-state index is -0.862. The van der Waals surface area contributed by atoms with Crippen molar-refractivity contribution in [1.29, 1.82) is 0 Å². The number of carboxylic acids is 1. The molecule has 26 heavy (non-hydrogen) atoms. The van der Waals surface area contributed by atoms with Gasteiger partial charge in [-0.25, -0.2) is 9.59 Å². The number of aryl methyl sites for hydroxylation is 1. The molecule has 134 valence electrons. The number of aromatic carboxylic acids is 1. The Kier molecular flexibility index (Phi) is 6.33. The van der Waals surface area contributed by atoms with Gasteiger partial charge in [0.25, 0.3) is 0 Å². The zero-order chi connectivity index (χ0) is 19.1. The fourth-order valence-corrected chi connectivity index (χ4v) is 2.65. The number of hydrogen-bond acceptors (Lipinski definition) is 4. The highest BCUT2D eigenvalue weighted by Crippen LogP contribution is 2.21. The molecule has 0 fully saturated rings. The van der Waals surface area contributed by atoms with Crippen LogP contribution in [-0.4, -0.2) is 31.2 Å². The van der Waals surface area contributed by atoms with Gasteiger partial charge < -0.3 is 15.2 Å². The lowest BCUT2D eigenvalue weighted by Gasteiger charge is -2.05. The molecule has 0 amide bonds. The molecule has 0 bridgehead atoms. The number of para-hydroxylation sites is 1. The normalized spacial score (nSPS) is 9.81. The molecule has 0 saturated heterocycles. The average Bonchev–Trinajstić information content (AvgIpc) is 2.67. The van der Waals surface area contributed by atoms with Crippen molar-refractivity contribution in [2.75, 3.05) is 19.5 Å². The third kappa shape index (κ3) is 4.19. The Labute approximate surface area is 152 Å². The van der Waals surface area contributed by atoms with Crippen LogP contribution in [-0.2, 0) is 4.74 Å². The molecule has 3 rings (SSSR count). The predicted molar refractivity (Wildman–Crippen MR) is 103 cm³/mol. The van der Waals surface area contributed by atoms with Crippen LogP contribution in [0.1, 0.15) is 26.3 Å². The third-order valence-electron chi connectivity index (χ3n) is 3.95. The van der Waals surface area contributed by atoms with Crippen LogP contribution in [0.2, 0.25) is 0 Å². The lowest BCUT2D eigenvalue weighted by atomic mass is 10.00. The average molecular weight is 351 g/mol. The van der Waals surface area contributed by atoms with Crippen molar-refractivity contribution in [1.82, 2.24) is 0 Å². The van der Waals surface area contributed by atoms with Crippen LogP contribution in [0.5, 0.6) is 0 Å². The highest BCUT2D eigenvalue weighted by atomic mass is 16.5. The molecule has 0 radical (unpaired) electrons. The second-order valence-electron chi connectivity index (χ2n) is 5.57. The van der Waals surface area contributed by atoms with Crippen LogP contribution in [0, 0.1) is 6.92 Å². The number of carbonyl (C=O) groups is 2. The molecule has 2 N–H and O–H groups in total. The second kappa shape index (κ2) is 8.67. The van der Waals surface area contributed by atoms with E-state index in [2.05, 4.69) is 10.1 Å². The van der Waals surface area contributed by atoms with Gasteiger partial charge in [0.2, 0.25) is 0 Å². The smallest absolute Gasteiger partial charge is 0.339 e. The SMILES string of the molecule is CNc1ccccc1C(=O)OC.Cc1ccc2ccccc2c1C(=O)O. The fourth-order valence-electron chi connectivity index (χ4n) is 2.65. The summed E-state index contributed by atoms with van der Waals surface area (Å²) in [7, 11) is 3.14. The maximum absolute atomic E-state index is 11.1. The predicted octanol–water partition coefficient (Wildman–Crippen LogP) is 4.36. The van der Waals surface area contributed by atoms with E-state index in [0.29, 0.717) is 11.1 Å². The molecule has 5 heteroatoms. The van der Waals surface area contributed by atoms with Gasteiger partial charge in [-0.15, -0.1) is 0 Å². The molecule has 0 unspecified atom stereocenters. The number of carboxylic acid groups (broad SMARTS) is 1. The minimum absolute atomic E-state index is 0.319. The molecule has 0 atom stereocenters. The molecule has 0 spiro atoms. The van der Waals surface area contributed by atoms with E-state index in [9.17, 15) is 9.59 Å². The molecule has 0 aliphatic rings. The highest BCUT2D eigenvalue weighted by molar-refractivity contribution is 6.04. The van der Waals surface area contributed by atoms with Gasteiger partial charge in [0.05, 0.1) is 18.2 Å². The van der Waals surface area contributed by atoms with E-state index < -0.39 is 5.97 Å². The van der Waals surface area contributed by atoms with Crippen molar-refractivity contribution in [2.45, 2.75) is 6.92 Å². The van der Waals surface area contributed by atoms with Gasteiger partial charge in [-0.3, -0.25) is 0 Å². The summed E-state index contributed by atoms with van der Waals surface area (Å²) >= 11 is 0. The van der Waals surface area contributed by atoms with Crippen molar-refractivity contribution >= 4 is 28.4 Å². The molecule has 0 heterocycles. The van der Waals surface area contributed by atoms with E-state index in [1.165, 1.54) is 7.11 Å². The van der Waals surface area contributed by atoms with Gasteiger partial charge in [-0.2, -0.15) is 0 Å². The van der Waals surface area contributed by atoms with Crippen LogP contribution in [0.3, 0.4) is 0 Å².